The topological polar surface area (TPSA) is 44.5 Å². The van der Waals surface area contributed by atoms with Crippen LogP contribution in [0.1, 0.15) is 11.1 Å². The predicted octanol–water partition coefficient (Wildman–Crippen LogP) is 4.03. The van der Waals surface area contributed by atoms with Crippen LogP contribution in [0.3, 0.4) is 0 Å². The molecule has 2 aromatic rings. The van der Waals surface area contributed by atoms with Gasteiger partial charge in [0.05, 0.1) is 28.9 Å². The Kier molecular flexibility index (Phi) is 4.24. The maximum absolute atomic E-state index is 6.31. The van der Waals surface area contributed by atoms with E-state index in [2.05, 4.69) is 10.0 Å². The Hall–Kier alpha value is -1.07. The lowest BCUT2D eigenvalue weighted by Gasteiger charge is -2.09. The van der Waals surface area contributed by atoms with Crippen molar-refractivity contribution < 1.29 is 14.3 Å². The zero-order valence-corrected chi connectivity index (χ0v) is 11.4. The lowest BCUT2D eigenvalue weighted by Crippen LogP contribution is -1.94. The Balaban J connectivity index is 2.49. The fourth-order valence-electron chi connectivity index (χ4n) is 1.57. The normalized spacial score (nSPS) is 10.9. The molecule has 0 spiro atoms. The van der Waals surface area contributed by atoms with E-state index >= 15 is 0 Å². The average molecular weight is 288 g/mol. The maximum Gasteiger partial charge on any atom is 0.172 e. The molecule has 0 bridgehead atoms. The van der Waals surface area contributed by atoms with Gasteiger partial charge in [-0.05, 0) is 13.0 Å². The van der Waals surface area contributed by atoms with Crippen molar-refractivity contribution in [1.29, 1.82) is 0 Å². The highest BCUT2D eigenvalue weighted by atomic mass is 35.5. The third-order valence-electron chi connectivity index (χ3n) is 2.48. The summed E-state index contributed by atoms with van der Waals surface area (Å²) in [4.78, 5) is 9.43. The SMILES string of the molecule is COOCc1ccc(Cl)c(-c2oncc2C)c1Cl. The van der Waals surface area contributed by atoms with Crippen LogP contribution in [0.5, 0.6) is 0 Å². The molecule has 18 heavy (non-hydrogen) atoms. The molecule has 0 atom stereocenters. The van der Waals surface area contributed by atoms with Crippen LogP contribution in [-0.4, -0.2) is 12.3 Å². The minimum Gasteiger partial charge on any atom is -0.356 e. The summed E-state index contributed by atoms with van der Waals surface area (Å²) in [7, 11) is 1.44. The van der Waals surface area contributed by atoms with Gasteiger partial charge in [0, 0.05) is 11.1 Å². The van der Waals surface area contributed by atoms with Gasteiger partial charge in [0.2, 0.25) is 0 Å². The number of benzene rings is 1. The van der Waals surface area contributed by atoms with E-state index in [0.29, 0.717) is 21.4 Å². The fourth-order valence-corrected chi connectivity index (χ4v) is 2.17. The van der Waals surface area contributed by atoms with Gasteiger partial charge in [-0.3, -0.25) is 0 Å². The van der Waals surface area contributed by atoms with Crippen molar-refractivity contribution in [2.75, 3.05) is 7.11 Å². The first-order chi connectivity index (χ1) is 8.65. The van der Waals surface area contributed by atoms with Gasteiger partial charge in [0.1, 0.15) is 6.61 Å². The molecule has 96 valence electrons. The van der Waals surface area contributed by atoms with Gasteiger partial charge >= 0.3 is 0 Å². The molecule has 1 aromatic heterocycles. The first-order valence-corrected chi connectivity index (χ1v) is 5.95. The van der Waals surface area contributed by atoms with Gasteiger partial charge in [-0.1, -0.05) is 34.4 Å². The van der Waals surface area contributed by atoms with Crippen molar-refractivity contribution in [2.45, 2.75) is 13.5 Å². The number of hydrogen-bond acceptors (Lipinski definition) is 4. The second-order valence-corrected chi connectivity index (χ2v) is 4.45. The second-order valence-electron chi connectivity index (χ2n) is 3.66. The van der Waals surface area contributed by atoms with Crippen LogP contribution in [0.15, 0.2) is 22.9 Å². The van der Waals surface area contributed by atoms with E-state index in [4.69, 9.17) is 32.6 Å². The number of halogens is 2. The largest absolute Gasteiger partial charge is 0.356 e. The summed E-state index contributed by atoms with van der Waals surface area (Å²) in [6, 6.07) is 3.51. The molecule has 0 amide bonds. The lowest BCUT2D eigenvalue weighted by atomic mass is 10.1. The van der Waals surface area contributed by atoms with Crippen molar-refractivity contribution >= 4 is 23.2 Å². The monoisotopic (exact) mass is 287 g/mol. The summed E-state index contributed by atoms with van der Waals surface area (Å²) in [6.45, 7) is 2.10. The predicted molar refractivity (Wildman–Crippen MR) is 68.5 cm³/mol. The van der Waals surface area contributed by atoms with E-state index in [1.54, 1.807) is 18.3 Å². The molecule has 0 aliphatic carbocycles. The molecule has 0 radical (unpaired) electrons. The van der Waals surface area contributed by atoms with E-state index in [9.17, 15) is 0 Å². The molecule has 4 nitrogen and oxygen atoms in total. The highest BCUT2D eigenvalue weighted by Crippen LogP contribution is 2.38. The molecule has 0 saturated heterocycles. The fraction of sp³-hybridized carbons (Fsp3) is 0.250. The van der Waals surface area contributed by atoms with Crippen LogP contribution < -0.4 is 0 Å². The third kappa shape index (κ3) is 2.52. The minimum atomic E-state index is 0.229. The zero-order chi connectivity index (χ0) is 13.1. The molecule has 6 heteroatoms. The summed E-state index contributed by atoms with van der Waals surface area (Å²) in [5, 5.41) is 4.70. The van der Waals surface area contributed by atoms with Crippen molar-refractivity contribution in [3.05, 3.63) is 39.5 Å². The molecule has 0 aliphatic rings. The molecule has 1 heterocycles. The van der Waals surface area contributed by atoms with E-state index in [1.165, 1.54) is 7.11 Å². The van der Waals surface area contributed by atoms with E-state index in [1.807, 2.05) is 6.92 Å². The molecule has 0 saturated carbocycles. The smallest absolute Gasteiger partial charge is 0.172 e. The Morgan fingerprint density at radius 3 is 2.72 bits per heavy atom. The molecular formula is C12H11Cl2NO3. The van der Waals surface area contributed by atoms with Crippen molar-refractivity contribution in [3.8, 4) is 11.3 Å². The first-order valence-electron chi connectivity index (χ1n) is 5.19. The van der Waals surface area contributed by atoms with E-state index in [-0.39, 0.29) is 6.61 Å². The summed E-state index contributed by atoms with van der Waals surface area (Å²) >= 11 is 12.5. The number of hydrogen-bond donors (Lipinski definition) is 0. The zero-order valence-electron chi connectivity index (χ0n) is 9.87. The molecule has 2 rings (SSSR count). The summed E-state index contributed by atoms with van der Waals surface area (Å²) < 4.78 is 5.18. The summed E-state index contributed by atoms with van der Waals surface area (Å²) in [5.74, 6) is 0.560. The molecular weight excluding hydrogens is 277 g/mol. The van der Waals surface area contributed by atoms with E-state index in [0.717, 1.165) is 11.1 Å². The van der Waals surface area contributed by atoms with Gasteiger partial charge in [0.25, 0.3) is 0 Å². The van der Waals surface area contributed by atoms with Crippen molar-refractivity contribution in [1.82, 2.24) is 5.16 Å². The number of nitrogens with zero attached hydrogens (tertiary/aromatic N) is 1. The average Bonchev–Trinajstić information content (AvgIpc) is 2.75. The van der Waals surface area contributed by atoms with Crippen molar-refractivity contribution in [2.24, 2.45) is 0 Å². The molecule has 0 unspecified atom stereocenters. The summed E-state index contributed by atoms with van der Waals surface area (Å²) in [5.41, 5.74) is 2.24. The molecule has 0 aliphatic heterocycles. The van der Waals surface area contributed by atoms with Gasteiger partial charge in [-0.2, -0.15) is 0 Å². The quantitative estimate of drug-likeness (QED) is 0.629. The number of rotatable bonds is 4. The Labute approximate surface area is 114 Å². The molecule has 0 fully saturated rings. The van der Waals surface area contributed by atoms with Crippen LogP contribution in [-0.2, 0) is 16.4 Å². The highest BCUT2D eigenvalue weighted by molar-refractivity contribution is 6.39. The van der Waals surface area contributed by atoms with E-state index < -0.39 is 0 Å². The van der Waals surface area contributed by atoms with Crippen LogP contribution >= 0.6 is 23.2 Å². The van der Waals surface area contributed by atoms with Crippen LogP contribution in [0.25, 0.3) is 11.3 Å². The van der Waals surface area contributed by atoms with Crippen LogP contribution in [0.4, 0.5) is 0 Å². The van der Waals surface area contributed by atoms with Gasteiger partial charge in [0.15, 0.2) is 5.76 Å². The Morgan fingerprint density at radius 1 is 1.33 bits per heavy atom. The second kappa shape index (κ2) is 5.71. The molecule has 1 aromatic carbocycles. The number of aromatic nitrogens is 1. The van der Waals surface area contributed by atoms with Gasteiger partial charge in [-0.25, -0.2) is 9.78 Å². The standard InChI is InChI=1S/C12H11Cl2NO3/c1-7-5-15-18-12(7)10-9(13)4-3-8(11(10)14)6-17-16-2/h3-5H,6H2,1-2H3. The Morgan fingerprint density at radius 2 is 2.11 bits per heavy atom. The maximum atomic E-state index is 6.31. The first kappa shape index (κ1) is 13.4. The van der Waals surface area contributed by atoms with Crippen molar-refractivity contribution in [3.63, 3.8) is 0 Å². The Bertz CT molecular complexity index is 554. The third-order valence-corrected chi connectivity index (χ3v) is 3.23. The lowest BCUT2D eigenvalue weighted by molar-refractivity contribution is -0.282. The van der Waals surface area contributed by atoms with Gasteiger partial charge < -0.3 is 4.52 Å². The minimum absolute atomic E-state index is 0.229. The van der Waals surface area contributed by atoms with Crippen LogP contribution in [0, 0.1) is 6.92 Å². The highest BCUT2D eigenvalue weighted by Gasteiger charge is 2.18. The summed E-state index contributed by atoms with van der Waals surface area (Å²) in [6.07, 6.45) is 1.61. The van der Waals surface area contributed by atoms with Gasteiger partial charge in [-0.15, -0.1) is 0 Å². The van der Waals surface area contributed by atoms with Crippen LogP contribution in [0.2, 0.25) is 10.0 Å². The molecule has 0 N–H and O–H groups in total. The number of aryl methyl sites for hydroxylation is 1.